The molecule has 40 heavy (non-hydrogen) atoms. The molecule has 0 aliphatic heterocycles. The van der Waals surface area contributed by atoms with Gasteiger partial charge in [-0.25, -0.2) is 4.79 Å². The smallest absolute Gasteiger partial charge is 0.338 e. The van der Waals surface area contributed by atoms with Crippen LogP contribution < -0.4 is 15.4 Å². The Kier molecular flexibility index (Phi) is 9.89. The van der Waals surface area contributed by atoms with Gasteiger partial charge >= 0.3 is 5.97 Å². The number of rotatable bonds is 12. The van der Waals surface area contributed by atoms with E-state index in [2.05, 4.69) is 20.8 Å². The standard InChI is InChI=1S/C29H29N5O5S/c1-3-38-28(37)22-9-11-24(12-10-22)31-27(36)19-40-29-33-32-26(34(29)17-21-7-5-4-6-8-21)18-39-25-15-13-23(14-16-25)30-20(2)35/h4-16H,3,17-19H2,1-2H3,(H,30,35)(H,31,36). The van der Waals surface area contributed by atoms with E-state index in [1.807, 2.05) is 34.9 Å². The Bertz CT molecular complexity index is 1440. The number of hydrogen-bond donors (Lipinski definition) is 2. The highest BCUT2D eigenvalue weighted by Crippen LogP contribution is 2.22. The molecular formula is C29H29N5O5S. The van der Waals surface area contributed by atoms with Crippen LogP contribution >= 0.6 is 11.8 Å². The van der Waals surface area contributed by atoms with Gasteiger partial charge in [0.25, 0.3) is 0 Å². The van der Waals surface area contributed by atoms with Gasteiger partial charge in [-0.1, -0.05) is 42.1 Å². The molecule has 4 aromatic rings. The quantitative estimate of drug-likeness (QED) is 0.188. The van der Waals surface area contributed by atoms with E-state index in [4.69, 9.17) is 9.47 Å². The lowest BCUT2D eigenvalue weighted by Crippen LogP contribution is -2.15. The number of carbonyl (C=O) groups is 3. The van der Waals surface area contributed by atoms with Crippen LogP contribution in [-0.4, -0.2) is 44.9 Å². The first kappa shape index (κ1) is 28.4. The molecule has 1 aromatic heterocycles. The molecule has 0 bridgehead atoms. The lowest BCUT2D eigenvalue weighted by atomic mass is 10.2. The summed E-state index contributed by atoms with van der Waals surface area (Å²) in [6.07, 6.45) is 0. The average molecular weight is 560 g/mol. The Morgan fingerprint density at radius 1 is 0.875 bits per heavy atom. The van der Waals surface area contributed by atoms with Crippen molar-refractivity contribution in [2.45, 2.75) is 32.2 Å². The molecule has 0 aliphatic carbocycles. The van der Waals surface area contributed by atoms with Gasteiger partial charge in [-0.15, -0.1) is 10.2 Å². The van der Waals surface area contributed by atoms with Crippen LogP contribution in [0.4, 0.5) is 11.4 Å². The molecular weight excluding hydrogens is 530 g/mol. The summed E-state index contributed by atoms with van der Waals surface area (Å²) in [7, 11) is 0. The Morgan fingerprint density at radius 2 is 1.55 bits per heavy atom. The van der Waals surface area contributed by atoms with Crippen LogP contribution in [0.15, 0.2) is 84.0 Å². The second-order valence-electron chi connectivity index (χ2n) is 8.60. The van der Waals surface area contributed by atoms with Crippen molar-refractivity contribution in [1.29, 1.82) is 0 Å². The molecule has 0 radical (unpaired) electrons. The number of aromatic nitrogens is 3. The van der Waals surface area contributed by atoms with Gasteiger partial charge in [-0.05, 0) is 61.0 Å². The van der Waals surface area contributed by atoms with Crippen molar-refractivity contribution in [1.82, 2.24) is 14.8 Å². The summed E-state index contributed by atoms with van der Waals surface area (Å²) in [6.45, 7) is 4.17. The predicted octanol–water partition coefficient (Wildman–Crippen LogP) is 4.77. The number of nitrogens with zero attached hydrogens (tertiary/aromatic N) is 3. The Hall–Kier alpha value is -4.64. The number of benzene rings is 3. The second kappa shape index (κ2) is 13.9. The third kappa shape index (κ3) is 8.18. The summed E-state index contributed by atoms with van der Waals surface area (Å²) >= 11 is 1.27. The Balaban J connectivity index is 1.40. The van der Waals surface area contributed by atoms with Gasteiger partial charge in [-0.2, -0.15) is 0 Å². The topological polar surface area (TPSA) is 124 Å². The normalized spacial score (nSPS) is 10.6. The third-order valence-electron chi connectivity index (χ3n) is 5.53. The van der Waals surface area contributed by atoms with Crippen LogP contribution in [0.3, 0.4) is 0 Å². The molecule has 1 heterocycles. The first-order valence-electron chi connectivity index (χ1n) is 12.6. The van der Waals surface area contributed by atoms with E-state index in [0.29, 0.717) is 46.8 Å². The number of anilines is 2. The van der Waals surface area contributed by atoms with Gasteiger partial charge in [-0.3, -0.25) is 14.2 Å². The Morgan fingerprint density at radius 3 is 2.23 bits per heavy atom. The Labute approximate surface area is 236 Å². The molecule has 10 nitrogen and oxygen atoms in total. The number of nitrogens with one attached hydrogen (secondary N) is 2. The van der Waals surface area contributed by atoms with Crippen LogP contribution in [0.25, 0.3) is 0 Å². The predicted molar refractivity (Wildman–Crippen MR) is 152 cm³/mol. The highest BCUT2D eigenvalue weighted by molar-refractivity contribution is 7.99. The molecule has 2 amide bonds. The minimum absolute atomic E-state index is 0.109. The van der Waals surface area contributed by atoms with Crippen molar-refractivity contribution in [3.05, 3.63) is 95.8 Å². The zero-order valence-corrected chi connectivity index (χ0v) is 22.9. The van der Waals surface area contributed by atoms with Crippen LogP contribution in [0.1, 0.15) is 35.6 Å². The van der Waals surface area contributed by atoms with Crippen molar-refractivity contribution < 1.29 is 23.9 Å². The molecule has 0 spiro atoms. The molecule has 0 saturated heterocycles. The zero-order chi connectivity index (χ0) is 28.3. The summed E-state index contributed by atoms with van der Waals surface area (Å²) in [5.41, 5.74) is 2.72. The van der Waals surface area contributed by atoms with E-state index in [9.17, 15) is 14.4 Å². The SMILES string of the molecule is CCOC(=O)c1ccc(NC(=O)CSc2nnc(COc3ccc(NC(C)=O)cc3)n2Cc2ccccc2)cc1. The maximum atomic E-state index is 12.7. The van der Waals surface area contributed by atoms with Crippen LogP contribution in [-0.2, 0) is 27.5 Å². The van der Waals surface area contributed by atoms with Crippen molar-refractivity contribution in [2.75, 3.05) is 23.0 Å². The lowest BCUT2D eigenvalue weighted by molar-refractivity contribution is -0.114. The lowest BCUT2D eigenvalue weighted by Gasteiger charge is -2.12. The van der Waals surface area contributed by atoms with Crippen LogP contribution in [0, 0.1) is 0 Å². The maximum absolute atomic E-state index is 12.7. The number of carbonyl (C=O) groups excluding carboxylic acids is 3. The summed E-state index contributed by atoms with van der Waals surface area (Å²) < 4.78 is 12.8. The summed E-state index contributed by atoms with van der Waals surface area (Å²) in [5.74, 6) is 0.556. The molecule has 2 N–H and O–H groups in total. The molecule has 0 saturated carbocycles. The molecule has 3 aromatic carbocycles. The molecule has 11 heteroatoms. The number of hydrogen-bond acceptors (Lipinski definition) is 8. The van der Waals surface area contributed by atoms with E-state index in [1.54, 1.807) is 55.5 Å². The van der Waals surface area contributed by atoms with Crippen molar-refractivity contribution >= 4 is 40.9 Å². The largest absolute Gasteiger partial charge is 0.486 e. The van der Waals surface area contributed by atoms with Gasteiger partial charge in [0.1, 0.15) is 12.4 Å². The van der Waals surface area contributed by atoms with Gasteiger partial charge in [0.2, 0.25) is 11.8 Å². The van der Waals surface area contributed by atoms with Gasteiger partial charge in [0.05, 0.1) is 24.5 Å². The van der Waals surface area contributed by atoms with Crippen LogP contribution in [0.5, 0.6) is 5.75 Å². The molecule has 0 atom stereocenters. The zero-order valence-electron chi connectivity index (χ0n) is 22.1. The van der Waals surface area contributed by atoms with Crippen molar-refractivity contribution in [3.8, 4) is 5.75 Å². The van der Waals surface area contributed by atoms with E-state index in [0.717, 1.165) is 5.56 Å². The number of esters is 1. The summed E-state index contributed by atoms with van der Waals surface area (Å²) in [6, 6.07) is 23.5. The molecule has 0 fully saturated rings. The van der Waals surface area contributed by atoms with Crippen LogP contribution in [0.2, 0.25) is 0 Å². The first-order chi connectivity index (χ1) is 19.4. The number of amides is 2. The third-order valence-corrected chi connectivity index (χ3v) is 6.50. The first-order valence-corrected chi connectivity index (χ1v) is 13.6. The van der Waals surface area contributed by atoms with E-state index >= 15 is 0 Å². The fraction of sp³-hybridized carbons (Fsp3) is 0.207. The van der Waals surface area contributed by atoms with Gasteiger partial charge in [0.15, 0.2) is 11.0 Å². The second-order valence-corrected chi connectivity index (χ2v) is 9.54. The fourth-order valence-electron chi connectivity index (χ4n) is 3.67. The maximum Gasteiger partial charge on any atom is 0.338 e. The highest BCUT2D eigenvalue weighted by Gasteiger charge is 2.16. The summed E-state index contributed by atoms with van der Waals surface area (Å²) in [5, 5.41) is 14.8. The monoisotopic (exact) mass is 559 g/mol. The van der Waals surface area contributed by atoms with E-state index < -0.39 is 5.97 Å². The minimum atomic E-state index is -0.407. The number of thioether (sulfide) groups is 1. The van der Waals surface area contributed by atoms with Gasteiger partial charge < -0.3 is 20.1 Å². The van der Waals surface area contributed by atoms with Crippen molar-refractivity contribution in [2.24, 2.45) is 0 Å². The van der Waals surface area contributed by atoms with E-state index in [-0.39, 0.29) is 24.2 Å². The molecule has 206 valence electrons. The summed E-state index contributed by atoms with van der Waals surface area (Å²) in [4.78, 5) is 35.7. The van der Waals surface area contributed by atoms with E-state index in [1.165, 1.54) is 18.7 Å². The fourth-order valence-corrected chi connectivity index (χ4v) is 4.43. The highest BCUT2D eigenvalue weighted by atomic mass is 32.2. The van der Waals surface area contributed by atoms with Gasteiger partial charge in [0, 0.05) is 18.3 Å². The molecule has 4 rings (SSSR count). The average Bonchev–Trinajstić information content (AvgIpc) is 3.33. The van der Waals surface area contributed by atoms with Crippen molar-refractivity contribution in [3.63, 3.8) is 0 Å². The number of ether oxygens (including phenoxy) is 2. The molecule has 0 aliphatic rings. The minimum Gasteiger partial charge on any atom is -0.486 e. The molecule has 0 unspecified atom stereocenters.